The minimum absolute atomic E-state index is 0.138. The van der Waals surface area contributed by atoms with Crippen LogP contribution in [0.4, 0.5) is 0 Å². The summed E-state index contributed by atoms with van der Waals surface area (Å²) in [5, 5.41) is 3.60. The first kappa shape index (κ1) is 16.3. The molecule has 2 N–H and O–H groups in total. The molecule has 2 atom stereocenters. The molecule has 0 aromatic rings. The van der Waals surface area contributed by atoms with Gasteiger partial charge in [0.25, 0.3) is 0 Å². The molecule has 0 aromatic carbocycles. The maximum absolute atomic E-state index is 12.0. The summed E-state index contributed by atoms with van der Waals surface area (Å²) in [4.78, 5) is 0. The predicted octanol–water partition coefficient (Wildman–Crippen LogP) is 1.58. The molecule has 18 heavy (non-hydrogen) atoms. The van der Waals surface area contributed by atoms with Gasteiger partial charge in [-0.15, -0.1) is 0 Å². The molecule has 0 bridgehead atoms. The fourth-order valence-electron chi connectivity index (χ4n) is 2.25. The molecule has 1 fully saturated rings. The van der Waals surface area contributed by atoms with E-state index < -0.39 is 10.0 Å². The zero-order valence-electron chi connectivity index (χ0n) is 11.6. The predicted molar refractivity (Wildman–Crippen MR) is 79.6 cm³/mol. The van der Waals surface area contributed by atoms with Crippen LogP contribution in [0, 0.1) is 0 Å². The molecule has 1 aliphatic carbocycles. The number of sulfonamides is 1. The first-order valence-electron chi connectivity index (χ1n) is 6.79. The first-order valence-corrected chi connectivity index (χ1v) is 9.49. The quantitative estimate of drug-likeness (QED) is 0.713. The molecule has 0 radical (unpaired) electrons. The first-order chi connectivity index (χ1) is 8.44. The van der Waals surface area contributed by atoms with Crippen LogP contribution in [0.25, 0.3) is 0 Å². The third-order valence-corrected chi connectivity index (χ3v) is 5.82. The largest absolute Gasteiger partial charge is 0.313 e. The Morgan fingerprint density at radius 3 is 2.67 bits per heavy atom. The molecule has 2 unspecified atom stereocenters. The lowest BCUT2D eigenvalue weighted by atomic mass is 10.3. The monoisotopic (exact) mass is 294 g/mol. The highest BCUT2D eigenvalue weighted by molar-refractivity contribution is 8.00. The molecule has 1 aliphatic rings. The zero-order chi connectivity index (χ0) is 13.6. The van der Waals surface area contributed by atoms with Crippen molar-refractivity contribution in [3.05, 3.63) is 0 Å². The van der Waals surface area contributed by atoms with Gasteiger partial charge < -0.3 is 5.32 Å². The van der Waals surface area contributed by atoms with Gasteiger partial charge >= 0.3 is 0 Å². The van der Waals surface area contributed by atoms with Crippen molar-refractivity contribution in [1.29, 1.82) is 0 Å². The van der Waals surface area contributed by atoms with Gasteiger partial charge in [-0.05, 0) is 18.6 Å². The third-order valence-electron chi connectivity index (χ3n) is 3.09. The normalized spacial score (nSPS) is 24.9. The molecule has 0 saturated heterocycles. The molecule has 1 saturated carbocycles. The van der Waals surface area contributed by atoms with Crippen molar-refractivity contribution >= 4 is 21.8 Å². The number of hydrogen-bond donors (Lipinski definition) is 2. The van der Waals surface area contributed by atoms with Gasteiger partial charge in [0.05, 0.1) is 5.75 Å². The van der Waals surface area contributed by atoms with E-state index in [0.29, 0.717) is 17.8 Å². The van der Waals surface area contributed by atoms with Crippen LogP contribution in [0.15, 0.2) is 0 Å². The van der Waals surface area contributed by atoms with E-state index in [4.69, 9.17) is 0 Å². The Morgan fingerprint density at radius 2 is 2.06 bits per heavy atom. The van der Waals surface area contributed by atoms with Crippen molar-refractivity contribution in [3.8, 4) is 0 Å². The summed E-state index contributed by atoms with van der Waals surface area (Å²) in [7, 11) is -3.14. The van der Waals surface area contributed by atoms with Gasteiger partial charge in [-0.3, -0.25) is 0 Å². The Balaban J connectivity index is 2.39. The van der Waals surface area contributed by atoms with Gasteiger partial charge in [-0.2, -0.15) is 11.8 Å². The molecule has 108 valence electrons. The van der Waals surface area contributed by atoms with Crippen LogP contribution in [-0.2, 0) is 10.0 Å². The number of thioether (sulfide) groups is 1. The molecule has 0 aliphatic heterocycles. The molecular weight excluding hydrogens is 268 g/mol. The van der Waals surface area contributed by atoms with E-state index in [1.165, 1.54) is 0 Å². The highest BCUT2D eigenvalue weighted by atomic mass is 32.2. The maximum Gasteiger partial charge on any atom is 0.213 e. The second kappa shape index (κ2) is 7.72. The van der Waals surface area contributed by atoms with Gasteiger partial charge in [-0.25, -0.2) is 13.1 Å². The smallest absolute Gasteiger partial charge is 0.213 e. The highest BCUT2D eigenvalue weighted by Crippen LogP contribution is 2.30. The zero-order valence-corrected chi connectivity index (χ0v) is 13.2. The van der Waals surface area contributed by atoms with E-state index in [9.17, 15) is 8.42 Å². The fourth-order valence-corrected chi connectivity index (χ4v) is 4.78. The van der Waals surface area contributed by atoms with E-state index in [0.717, 1.165) is 25.0 Å². The SMILES string of the molecule is CCSC1CCCC1NS(=O)(=O)CCNC(C)C. The van der Waals surface area contributed by atoms with E-state index in [1.54, 1.807) is 0 Å². The Hall–Kier alpha value is 0.220. The summed E-state index contributed by atoms with van der Waals surface area (Å²) in [6.45, 7) is 6.68. The van der Waals surface area contributed by atoms with Crippen LogP contribution in [0.5, 0.6) is 0 Å². The van der Waals surface area contributed by atoms with Crippen LogP contribution in [0.2, 0.25) is 0 Å². The average molecular weight is 294 g/mol. The van der Waals surface area contributed by atoms with Crippen LogP contribution < -0.4 is 10.0 Å². The molecule has 4 nitrogen and oxygen atoms in total. The molecule has 0 amide bonds. The van der Waals surface area contributed by atoms with Crippen molar-refractivity contribution < 1.29 is 8.42 Å². The van der Waals surface area contributed by atoms with Gasteiger partial charge in [0, 0.05) is 23.9 Å². The number of rotatable bonds is 8. The summed E-state index contributed by atoms with van der Waals surface area (Å²) in [5.74, 6) is 1.23. The third kappa shape index (κ3) is 5.91. The van der Waals surface area contributed by atoms with E-state index >= 15 is 0 Å². The lowest BCUT2D eigenvalue weighted by Crippen LogP contribution is -2.42. The summed E-state index contributed by atoms with van der Waals surface area (Å²) < 4.78 is 26.8. The van der Waals surface area contributed by atoms with Crippen LogP contribution >= 0.6 is 11.8 Å². The number of hydrogen-bond acceptors (Lipinski definition) is 4. The minimum atomic E-state index is -3.14. The lowest BCUT2D eigenvalue weighted by Gasteiger charge is -2.20. The van der Waals surface area contributed by atoms with E-state index in [-0.39, 0.29) is 11.8 Å². The Labute approximate surface area is 116 Å². The number of nitrogens with one attached hydrogen (secondary N) is 2. The molecular formula is C12H26N2O2S2. The van der Waals surface area contributed by atoms with Crippen molar-refractivity contribution in [3.63, 3.8) is 0 Å². The second-order valence-corrected chi connectivity index (χ2v) is 8.47. The second-order valence-electron chi connectivity index (χ2n) is 5.08. The van der Waals surface area contributed by atoms with Gasteiger partial charge in [-0.1, -0.05) is 27.2 Å². The van der Waals surface area contributed by atoms with Gasteiger partial charge in [0.15, 0.2) is 0 Å². The van der Waals surface area contributed by atoms with Crippen molar-refractivity contribution in [2.24, 2.45) is 0 Å². The molecule has 0 heterocycles. The van der Waals surface area contributed by atoms with E-state index in [2.05, 4.69) is 17.0 Å². The topological polar surface area (TPSA) is 58.2 Å². The van der Waals surface area contributed by atoms with E-state index in [1.807, 2.05) is 25.6 Å². The Kier molecular flexibility index (Phi) is 6.98. The highest BCUT2D eigenvalue weighted by Gasteiger charge is 2.30. The molecule has 0 aromatic heterocycles. The average Bonchev–Trinajstić information content (AvgIpc) is 2.64. The summed E-state index contributed by atoms with van der Waals surface area (Å²) in [5.41, 5.74) is 0. The summed E-state index contributed by atoms with van der Waals surface area (Å²) in [6, 6.07) is 0.467. The minimum Gasteiger partial charge on any atom is -0.313 e. The standard InChI is InChI=1S/C12H26N2O2S2/c1-4-17-12-7-5-6-11(12)14-18(15,16)9-8-13-10(2)3/h10-14H,4-9H2,1-3H3. The van der Waals surface area contributed by atoms with Crippen LogP contribution in [-0.4, -0.2) is 43.8 Å². The summed E-state index contributed by atoms with van der Waals surface area (Å²) >= 11 is 1.87. The van der Waals surface area contributed by atoms with Gasteiger partial charge in [0.2, 0.25) is 10.0 Å². The summed E-state index contributed by atoms with van der Waals surface area (Å²) in [6.07, 6.45) is 3.25. The van der Waals surface area contributed by atoms with Crippen LogP contribution in [0.3, 0.4) is 0 Å². The fraction of sp³-hybridized carbons (Fsp3) is 1.00. The van der Waals surface area contributed by atoms with Crippen molar-refractivity contribution in [2.45, 2.75) is 57.4 Å². The lowest BCUT2D eigenvalue weighted by molar-refractivity contribution is 0.546. The maximum atomic E-state index is 12.0. The molecule has 0 spiro atoms. The van der Waals surface area contributed by atoms with Crippen LogP contribution in [0.1, 0.15) is 40.0 Å². The van der Waals surface area contributed by atoms with Gasteiger partial charge in [0.1, 0.15) is 0 Å². The van der Waals surface area contributed by atoms with Crippen molar-refractivity contribution in [2.75, 3.05) is 18.1 Å². The Bertz CT molecular complexity index is 331. The molecule has 1 rings (SSSR count). The molecule has 6 heteroatoms. The Morgan fingerprint density at radius 1 is 1.33 bits per heavy atom. The van der Waals surface area contributed by atoms with Crippen molar-refractivity contribution in [1.82, 2.24) is 10.0 Å².